The predicted molar refractivity (Wildman–Crippen MR) is 442 cm³/mol. The number of nitrogen functional groups attached to an aromatic ring is 4. The number of hydrogen-bond acceptors (Lipinski definition) is 32. The van der Waals surface area contributed by atoms with E-state index >= 15 is 0 Å². The van der Waals surface area contributed by atoms with E-state index < -0.39 is 40.1 Å². The van der Waals surface area contributed by atoms with E-state index in [4.69, 9.17) is 37.9 Å². The van der Waals surface area contributed by atoms with E-state index in [9.17, 15) is 33.7 Å². The minimum absolute atomic E-state index is 0.0171. The molecular formula is C70H69N29O9S7. The van der Waals surface area contributed by atoms with Crippen LogP contribution in [0.5, 0.6) is 0 Å². The summed E-state index contributed by atoms with van der Waals surface area (Å²) in [5.74, 6) is 2.24. The Balaban J connectivity index is 0.000000127. The van der Waals surface area contributed by atoms with E-state index in [0.717, 1.165) is 41.9 Å². The SMILES string of the molecule is CC(C)n1c(-n2nc(Nc3cccc(S(N)(=O)=O)c3)nc2N)nc2ccccc21.CNS(=O)(=O)c1cccc(Nc2nc(N)n(-c3nc4ccccc4s3)n2)c1.Nc1nc(Nc2ccc(S(=O)(=O)N3CCOCC3)cc2)nn1-c1nc2ccccc2s1.Nc1nc(Nc2ccc(S(N)(=O)=O)cc2)nn1-c1ncc(-c2ccccc2)s1. The van der Waals surface area contributed by atoms with Crippen molar-refractivity contribution in [2.75, 3.05) is 77.6 Å². The van der Waals surface area contributed by atoms with Crippen LogP contribution in [0.3, 0.4) is 0 Å². The summed E-state index contributed by atoms with van der Waals surface area (Å²) >= 11 is 4.35. The van der Waals surface area contributed by atoms with Gasteiger partial charge < -0.3 is 53.5 Å². The highest BCUT2D eigenvalue weighted by Crippen LogP contribution is 2.33. The summed E-state index contributed by atoms with van der Waals surface area (Å²) in [6, 6.07) is 58.0. The molecular weight excluding hydrogens is 1620 g/mol. The van der Waals surface area contributed by atoms with Crippen LogP contribution in [0.4, 0.5) is 70.3 Å². The summed E-state index contributed by atoms with van der Waals surface area (Å²) in [5, 5.41) is 41.5. The number of nitrogens with one attached hydrogen (secondary N) is 5. The van der Waals surface area contributed by atoms with E-state index in [1.54, 1.807) is 66.9 Å². The average molecular weight is 1680 g/mol. The molecule has 38 nitrogen and oxygen atoms in total. The lowest BCUT2D eigenvalue weighted by Crippen LogP contribution is -2.40. The van der Waals surface area contributed by atoms with Gasteiger partial charge in [-0.25, -0.2) is 68.6 Å². The Morgan fingerprint density at radius 2 is 0.861 bits per heavy atom. The third kappa shape index (κ3) is 18.2. The fourth-order valence-electron chi connectivity index (χ4n) is 11.3. The van der Waals surface area contributed by atoms with Crippen LogP contribution < -0.4 is 59.2 Å². The number of imidazole rings is 1. The van der Waals surface area contributed by atoms with Crippen LogP contribution in [-0.4, -0.2) is 155 Å². The van der Waals surface area contributed by atoms with Gasteiger partial charge in [-0.3, -0.25) is 0 Å². The first-order valence-electron chi connectivity index (χ1n) is 34.3. The van der Waals surface area contributed by atoms with Crippen LogP contribution in [0.25, 0.3) is 63.3 Å². The fourth-order valence-corrected chi connectivity index (χ4v) is 17.3. The Kier molecular flexibility index (Phi) is 22.7. The normalized spacial score (nSPS) is 12.7. The molecule has 8 aromatic heterocycles. The lowest BCUT2D eigenvalue weighted by molar-refractivity contribution is 0.0730. The van der Waals surface area contributed by atoms with Crippen molar-refractivity contribution < 1.29 is 38.4 Å². The second kappa shape index (κ2) is 33.1. The summed E-state index contributed by atoms with van der Waals surface area (Å²) in [4.78, 5) is 36.3. The monoisotopic (exact) mass is 1680 g/mol. The van der Waals surface area contributed by atoms with Gasteiger partial charge in [-0.05, 0) is 148 Å². The maximum atomic E-state index is 12.7. The number of fused-ring (bicyclic) bond motifs is 3. The lowest BCUT2D eigenvalue weighted by atomic mass is 10.2. The van der Waals surface area contributed by atoms with Crippen LogP contribution in [0, 0.1) is 0 Å². The van der Waals surface area contributed by atoms with Crippen molar-refractivity contribution in [3.05, 3.63) is 206 Å². The molecule has 115 heavy (non-hydrogen) atoms. The van der Waals surface area contributed by atoms with Crippen molar-refractivity contribution >= 4 is 176 Å². The van der Waals surface area contributed by atoms with E-state index in [-0.39, 0.29) is 67.3 Å². The van der Waals surface area contributed by atoms with Crippen LogP contribution in [-0.2, 0) is 44.8 Å². The molecule has 17 N–H and O–H groups in total. The van der Waals surface area contributed by atoms with Gasteiger partial charge in [0.1, 0.15) is 0 Å². The van der Waals surface area contributed by atoms with Gasteiger partial charge >= 0.3 is 0 Å². The quantitative estimate of drug-likeness (QED) is 0.0339. The minimum atomic E-state index is -3.82. The standard InChI is InChI=1S/C19H19N7O3S2.C18H20N8O2S.C17H15N7O2S2.C16H15N7O2S2/c20-17-23-18(24-26(17)19-22-15-3-1-2-4-16(15)30-19)21-13-5-7-14(8-6-13)31(27,28)25-9-11-29-12-10-25;1-11(2)25-15-9-4-3-8-14(15)22-18(25)26-16(19)23-17(24-26)21-12-6-5-7-13(10-12)29(20,27)28;18-15-22-16(21-12-6-8-13(9-7-12)28(19,25)26)23-24(15)17-20-10-14(27-17)11-4-2-1-3-5-11;1-18-27(24,25)11-6-4-5-10(9-11)19-15-21-14(17)23(22-15)16-20-12-7-2-3-8-13(12)26-16/h1-8H,9-12H2,(H3,20,21,23,24);3-11H,1-2H3,(H2,20,27,28)(H3,19,21,23,24);1-10H,(H2,19,25,26)(H3,18,21,22,23);2-9,18H,1H3,(H3,17,19,21,22). The van der Waals surface area contributed by atoms with Gasteiger partial charge in [0.2, 0.25) is 109 Å². The number of morpholine rings is 1. The average Bonchev–Trinajstić information content (AvgIpc) is 1.83. The lowest BCUT2D eigenvalue weighted by Gasteiger charge is -2.26. The fraction of sp³-hybridized carbons (Fsp3) is 0.114. The highest BCUT2D eigenvalue weighted by Gasteiger charge is 2.27. The number of primary sulfonamides is 2. The Morgan fingerprint density at radius 1 is 0.426 bits per heavy atom. The smallest absolute Gasteiger partial charge is 0.248 e. The zero-order valence-corrected chi connectivity index (χ0v) is 66.3. The highest BCUT2D eigenvalue weighted by atomic mass is 32.2. The van der Waals surface area contributed by atoms with Crippen LogP contribution in [0.1, 0.15) is 19.9 Å². The number of benzene rings is 8. The van der Waals surface area contributed by atoms with Gasteiger partial charge in [0.15, 0.2) is 0 Å². The van der Waals surface area contributed by atoms with Gasteiger partial charge in [-0.2, -0.15) is 43.0 Å². The molecule has 0 amide bonds. The number of nitrogens with two attached hydrogens (primary N) is 6. The maximum Gasteiger partial charge on any atom is 0.248 e. The molecule has 17 rings (SSSR count). The second-order valence-corrected chi connectivity index (χ2v) is 34.9. The zero-order chi connectivity index (χ0) is 80.9. The largest absolute Gasteiger partial charge is 0.379 e. The van der Waals surface area contributed by atoms with E-state index in [1.165, 1.54) is 100 Å². The molecule has 1 aliphatic heterocycles. The molecule has 8 aromatic carbocycles. The Morgan fingerprint density at radius 3 is 1.36 bits per heavy atom. The molecule has 1 saturated heterocycles. The van der Waals surface area contributed by atoms with E-state index in [2.05, 4.69) is 86.3 Å². The van der Waals surface area contributed by atoms with Crippen LogP contribution in [0.15, 0.2) is 226 Å². The molecule has 0 aliphatic carbocycles. The Hall–Kier alpha value is -12.8. The van der Waals surface area contributed by atoms with Crippen molar-refractivity contribution in [2.45, 2.75) is 39.5 Å². The van der Waals surface area contributed by atoms with Crippen LogP contribution >= 0.6 is 34.0 Å². The van der Waals surface area contributed by atoms with Crippen molar-refractivity contribution in [3.8, 4) is 31.8 Å². The first-order valence-corrected chi connectivity index (χ1v) is 42.7. The minimum Gasteiger partial charge on any atom is -0.379 e. The molecule has 590 valence electrons. The maximum absolute atomic E-state index is 12.7. The molecule has 0 bridgehead atoms. The molecule has 1 aliphatic rings. The van der Waals surface area contributed by atoms with Crippen molar-refractivity contribution in [1.82, 2.24) is 92.6 Å². The first kappa shape index (κ1) is 78.9. The summed E-state index contributed by atoms with van der Waals surface area (Å²) in [5.41, 5.74) is 30.9. The molecule has 1 fully saturated rings. The summed E-state index contributed by atoms with van der Waals surface area (Å²) in [7, 11) is -13.3. The Bertz CT molecular complexity index is 6620. The molecule has 0 spiro atoms. The van der Waals surface area contributed by atoms with Crippen molar-refractivity contribution in [1.29, 1.82) is 0 Å². The van der Waals surface area contributed by atoms with Gasteiger partial charge in [0.05, 0.1) is 69.1 Å². The third-order valence-corrected chi connectivity index (χ3v) is 24.9. The number of rotatable bonds is 20. The van der Waals surface area contributed by atoms with Gasteiger partial charge in [-0.15, -0.1) is 20.4 Å². The molecule has 0 saturated carbocycles. The molecule has 0 radical (unpaired) electrons. The number of ether oxygens (including phenoxy) is 1. The van der Waals surface area contributed by atoms with E-state index in [0.29, 0.717) is 76.3 Å². The summed E-state index contributed by atoms with van der Waals surface area (Å²) in [6.07, 6.45) is 1.76. The zero-order valence-electron chi connectivity index (χ0n) is 60.6. The number of aromatic nitrogens is 17. The van der Waals surface area contributed by atoms with Gasteiger partial charge in [0.25, 0.3) is 0 Å². The second-order valence-electron chi connectivity index (χ2n) is 24.9. The van der Waals surface area contributed by atoms with Gasteiger partial charge in [0, 0.05) is 48.1 Å². The molecule has 0 atom stereocenters. The summed E-state index contributed by atoms with van der Waals surface area (Å²) in [6.45, 7) is 5.61. The number of sulfonamides is 4. The number of thiazole rings is 3. The molecule has 9 heterocycles. The van der Waals surface area contributed by atoms with E-state index in [1.807, 2.05) is 122 Å². The number of hydrogen-bond donors (Lipinski definition) is 11. The number of nitrogens with zero attached hydrogens (tertiary/aromatic N) is 18. The number of anilines is 12. The number of para-hydroxylation sites is 4. The Labute approximate surface area is 667 Å². The third-order valence-electron chi connectivity index (χ3n) is 16.7. The molecule has 0 unspecified atom stereocenters. The molecule has 16 aromatic rings. The first-order chi connectivity index (χ1) is 55.1. The van der Waals surface area contributed by atoms with Crippen LogP contribution in [0.2, 0.25) is 0 Å². The van der Waals surface area contributed by atoms with Gasteiger partial charge in [-0.1, -0.05) is 113 Å². The highest BCUT2D eigenvalue weighted by molar-refractivity contribution is 7.90. The van der Waals surface area contributed by atoms with Crippen molar-refractivity contribution in [2.24, 2.45) is 10.3 Å². The van der Waals surface area contributed by atoms with Crippen molar-refractivity contribution in [3.63, 3.8) is 0 Å². The molecule has 45 heteroatoms. The summed E-state index contributed by atoms with van der Waals surface area (Å²) < 4.78 is 114. The predicted octanol–water partition coefficient (Wildman–Crippen LogP) is 8.87. The topological polar surface area (TPSA) is 545 Å².